The first kappa shape index (κ1) is 11.9. The molecule has 1 heterocycles. The quantitative estimate of drug-likeness (QED) is 0.491. The summed E-state index contributed by atoms with van der Waals surface area (Å²) < 4.78 is 5.15. The van der Waals surface area contributed by atoms with Gasteiger partial charge in [0.15, 0.2) is 0 Å². The van der Waals surface area contributed by atoms with Gasteiger partial charge in [-0.1, -0.05) is 0 Å². The van der Waals surface area contributed by atoms with Gasteiger partial charge in [-0.15, -0.1) is 0 Å². The van der Waals surface area contributed by atoms with Crippen LogP contribution < -0.4 is 10.6 Å². The predicted molar refractivity (Wildman–Crippen MR) is 56.4 cm³/mol. The molecule has 1 rings (SSSR count). The van der Waals surface area contributed by atoms with Crippen LogP contribution in [0.3, 0.4) is 0 Å². The summed E-state index contributed by atoms with van der Waals surface area (Å²) in [5.41, 5.74) is 0. The Morgan fingerprint density at radius 1 is 1.29 bits per heavy atom. The van der Waals surface area contributed by atoms with E-state index in [1.165, 1.54) is 12.8 Å². The molecule has 0 radical (unpaired) electrons. The van der Waals surface area contributed by atoms with Crippen LogP contribution in [0, 0.1) is 5.92 Å². The van der Waals surface area contributed by atoms with Crippen LogP contribution in [-0.4, -0.2) is 51.1 Å². The number of aliphatic hydroxyl groups is 1. The van der Waals surface area contributed by atoms with Crippen molar-refractivity contribution >= 4 is 0 Å². The van der Waals surface area contributed by atoms with Crippen molar-refractivity contribution in [3.63, 3.8) is 0 Å². The second kappa shape index (κ2) is 8.17. The van der Waals surface area contributed by atoms with Gasteiger partial charge >= 0.3 is 0 Å². The maximum absolute atomic E-state index is 8.47. The highest BCUT2D eigenvalue weighted by molar-refractivity contribution is 4.70. The largest absolute Gasteiger partial charge is 0.394 e. The average Bonchev–Trinajstić information content (AvgIpc) is 2.25. The van der Waals surface area contributed by atoms with Crippen molar-refractivity contribution in [3.8, 4) is 0 Å². The number of aliphatic hydroxyl groups excluding tert-OH is 1. The molecule has 0 spiro atoms. The molecule has 1 fully saturated rings. The molecule has 0 atom stereocenters. The SMILES string of the molecule is OCCOCCNCC1CCNCC1. The molecule has 0 aromatic rings. The van der Waals surface area contributed by atoms with E-state index in [1.54, 1.807) is 0 Å². The molecule has 4 heteroatoms. The van der Waals surface area contributed by atoms with Crippen LogP contribution >= 0.6 is 0 Å². The van der Waals surface area contributed by atoms with Gasteiger partial charge in [0.25, 0.3) is 0 Å². The third-order valence-corrected chi connectivity index (χ3v) is 2.55. The van der Waals surface area contributed by atoms with Gasteiger partial charge in [0, 0.05) is 6.54 Å². The minimum absolute atomic E-state index is 0.119. The van der Waals surface area contributed by atoms with Crippen molar-refractivity contribution in [2.75, 3.05) is 46.0 Å². The lowest BCUT2D eigenvalue weighted by molar-refractivity contribution is 0.0932. The Bertz CT molecular complexity index is 127. The van der Waals surface area contributed by atoms with E-state index >= 15 is 0 Å². The molecule has 1 saturated heterocycles. The van der Waals surface area contributed by atoms with Crippen molar-refractivity contribution in [1.29, 1.82) is 0 Å². The Morgan fingerprint density at radius 2 is 2.07 bits per heavy atom. The van der Waals surface area contributed by atoms with E-state index in [0.717, 1.165) is 32.1 Å². The van der Waals surface area contributed by atoms with E-state index in [2.05, 4.69) is 10.6 Å². The fraction of sp³-hybridized carbons (Fsp3) is 1.00. The molecule has 3 N–H and O–H groups in total. The fourth-order valence-electron chi connectivity index (χ4n) is 1.70. The monoisotopic (exact) mass is 202 g/mol. The molecule has 1 aliphatic rings. The van der Waals surface area contributed by atoms with Crippen molar-refractivity contribution in [2.24, 2.45) is 5.92 Å². The number of hydrogen-bond donors (Lipinski definition) is 3. The van der Waals surface area contributed by atoms with Gasteiger partial charge < -0.3 is 20.5 Å². The molecule has 1 aliphatic heterocycles. The van der Waals surface area contributed by atoms with Gasteiger partial charge in [-0.2, -0.15) is 0 Å². The molecular weight excluding hydrogens is 180 g/mol. The lowest BCUT2D eigenvalue weighted by atomic mass is 9.98. The van der Waals surface area contributed by atoms with E-state index in [1.807, 2.05) is 0 Å². The van der Waals surface area contributed by atoms with Crippen LogP contribution in [0.25, 0.3) is 0 Å². The molecule has 0 aromatic carbocycles. The highest BCUT2D eigenvalue weighted by Gasteiger charge is 2.11. The second-order valence-electron chi connectivity index (χ2n) is 3.73. The van der Waals surface area contributed by atoms with Gasteiger partial charge in [0.2, 0.25) is 0 Å². The maximum Gasteiger partial charge on any atom is 0.0698 e. The summed E-state index contributed by atoms with van der Waals surface area (Å²) >= 11 is 0. The molecule has 0 aliphatic carbocycles. The molecule has 84 valence electrons. The van der Waals surface area contributed by atoms with E-state index in [4.69, 9.17) is 9.84 Å². The van der Waals surface area contributed by atoms with E-state index < -0.39 is 0 Å². The van der Waals surface area contributed by atoms with Crippen molar-refractivity contribution in [2.45, 2.75) is 12.8 Å². The second-order valence-corrected chi connectivity index (χ2v) is 3.73. The van der Waals surface area contributed by atoms with Gasteiger partial charge in [-0.25, -0.2) is 0 Å². The molecule has 0 aromatic heterocycles. The third-order valence-electron chi connectivity index (χ3n) is 2.55. The van der Waals surface area contributed by atoms with E-state index in [-0.39, 0.29) is 6.61 Å². The summed E-state index contributed by atoms with van der Waals surface area (Å²) in [6.45, 7) is 5.59. The molecule has 4 nitrogen and oxygen atoms in total. The Kier molecular flexibility index (Phi) is 6.95. The zero-order valence-corrected chi connectivity index (χ0v) is 8.80. The summed E-state index contributed by atoms with van der Waals surface area (Å²) in [6.07, 6.45) is 2.56. The van der Waals surface area contributed by atoms with E-state index in [9.17, 15) is 0 Å². The normalized spacial score (nSPS) is 18.6. The summed E-state index contributed by atoms with van der Waals surface area (Å²) in [5.74, 6) is 0.828. The summed E-state index contributed by atoms with van der Waals surface area (Å²) in [7, 11) is 0. The lowest BCUT2D eigenvalue weighted by Gasteiger charge is -2.22. The highest BCUT2D eigenvalue weighted by Crippen LogP contribution is 2.09. The Balaban J connectivity index is 1.82. The van der Waals surface area contributed by atoms with Gasteiger partial charge in [-0.3, -0.25) is 0 Å². The lowest BCUT2D eigenvalue weighted by Crippen LogP contribution is -2.34. The average molecular weight is 202 g/mol. The third kappa shape index (κ3) is 5.54. The minimum Gasteiger partial charge on any atom is -0.394 e. The fourth-order valence-corrected chi connectivity index (χ4v) is 1.70. The smallest absolute Gasteiger partial charge is 0.0698 e. The Hall–Kier alpha value is -0.160. The van der Waals surface area contributed by atoms with Crippen LogP contribution in [0.15, 0.2) is 0 Å². The minimum atomic E-state index is 0.119. The number of nitrogens with one attached hydrogen (secondary N) is 2. The number of piperidine rings is 1. The molecule has 0 amide bonds. The van der Waals surface area contributed by atoms with Crippen LogP contribution in [0.2, 0.25) is 0 Å². The van der Waals surface area contributed by atoms with Crippen molar-refractivity contribution in [1.82, 2.24) is 10.6 Å². The van der Waals surface area contributed by atoms with E-state index in [0.29, 0.717) is 13.2 Å². The topological polar surface area (TPSA) is 53.5 Å². The zero-order valence-electron chi connectivity index (χ0n) is 8.80. The maximum atomic E-state index is 8.47. The van der Waals surface area contributed by atoms with Crippen LogP contribution in [-0.2, 0) is 4.74 Å². The van der Waals surface area contributed by atoms with Gasteiger partial charge in [0.05, 0.1) is 19.8 Å². The van der Waals surface area contributed by atoms with Gasteiger partial charge in [0.1, 0.15) is 0 Å². The first-order chi connectivity index (χ1) is 6.93. The van der Waals surface area contributed by atoms with Crippen molar-refractivity contribution in [3.05, 3.63) is 0 Å². The molecular formula is C10H22N2O2. The molecule has 0 saturated carbocycles. The first-order valence-corrected chi connectivity index (χ1v) is 5.53. The Morgan fingerprint density at radius 3 is 2.79 bits per heavy atom. The Labute approximate surface area is 86.0 Å². The van der Waals surface area contributed by atoms with Crippen LogP contribution in [0.1, 0.15) is 12.8 Å². The summed E-state index contributed by atoms with van der Waals surface area (Å²) in [5, 5.41) is 15.2. The first-order valence-electron chi connectivity index (χ1n) is 5.53. The zero-order chi connectivity index (χ0) is 10.1. The molecule has 0 unspecified atom stereocenters. The summed E-state index contributed by atoms with van der Waals surface area (Å²) in [4.78, 5) is 0. The highest BCUT2D eigenvalue weighted by atomic mass is 16.5. The number of rotatable bonds is 7. The van der Waals surface area contributed by atoms with Gasteiger partial charge in [-0.05, 0) is 38.4 Å². The number of ether oxygens (including phenoxy) is 1. The predicted octanol–water partition coefficient (Wildman–Crippen LogP) is -0.415. The molecule has 0 bridgehead atoms. The summed E-state index contributed by atoms with van der Waals surface area (Å²) in [6, 6.07) is 0. The van der Waals surface area contributed by atoms with Crippen LogP contribution in [0.4, 0.5) is 0 Å². The van der Waals surface area contributed by atoms with Crippen molar-refractivity contribution < 1.29 is 9.84 Å². The van der Waals surface area contributed by atoms with Crippen LogP contribution in [0.5, 0.6) is 0 Å². The molecule has 14 heavy (non-hydrogen) atoms. The number of hydrogen-bond acceptors (Lipinski definition) is 4. The standard InChI is InChI=1S/C10H22N2O2/c13-6-8-14-7-5-12-9-10-1-3-11-4-2-10/h10-13H,1-9H2.